The second-order valence-electron chi connectivity index (χ2n) is 11.1. The molecule has 1 unspecified atom stereocenters. The fourth-order valence-electron chi connectivity index (χ4n) is 6.85. The summed E-state index contributed by atoms with van der Waals surface area (Å²) in [6, 6.07) is 8.96. The van der Waals surface area contributed by atoms with Crippen molar-refractivity contribution in [3.63, 3.8) is 0 Å². The van der Waals surface area contributed by atoms with Crippen LogP contribution in [0.4, 0.5) is 0 Å². The van der Waals surface area contributed by atoms with Gasteiger partial charge in [0.15, 0.2) is 0 Å². The van der Waals surface area contributed by atoms with E-state index >= 15 is 0 Å². The van der Waals surface area contributed by atoms with Crippen LogP contribution in [-0.2, 0) is 30.4 Å². The number of hydrogen-bond donors (Lipinski definition) is 1. The molecule has 8 heteroatoms. The van der Waals surface area contributed by atoms with E-state index in [1.807, 2.05) is 61.6 Å². The third kappa shape index (κ3) is 4.93. The zero-order valence-electron chi connectivity index (χ0n) is 22.8. The largest absolute Gasteiger partial charge is 0.465 e. The molecule has 210 valence electrons. The van der Waals surface area contributed by atoms with Crippen LogP contribution in [0, 0.1) is 11.8 Å². The van der Waals surface area contributed by atoms with Crippen LogP contribution in [0.1, 0.15) is 57.4 Å². The molecule has 0 aliphatic carbocycles. The lowest BCUT2D eigenvalue weighted by molar-refractivity contribution is -0.161. The smallest absolute Gasteiger partial charge is 0.313 e. The van der Waals surface area contributed by atoms with Gasteiger partial charge in [-0.1, -0.05) is 74.4 Å². The summed E-state index contributed by atoms with van der Waals surface area (Å²) >= 11 is 0. The van der Waals surface area contributed by atoms with Crippen molar-refractivity contribution in [2.45, 2.75) is 75.7 Å². The summed E-state index contributed by atoms with van der Waals surface area (Å²) < 4.78 is 12.6. The molecule has 4 aliphatic rings. The second kappa shape index (κ2) is 11.6. The van der Waals surface area contributed by atoms with Crippen LogP contribution in [-0.4, -0.2) is 76.2 Å². The number of ether oxygens (including phenoxy) is 2. The van der Waals surface area contributed by atoms with Crippen molar-refractivity contribution in [3.8, 4) is 0 Å². The predicted octanol–water partition coefficient (Wildman–Crippen LogP) is 3.39. The summed E-state index contributed by atoms with van der Waals surface area (Å²) in [5.41, 5.74) is -1.27. The Balaban J connectivity index is 1.55. The molecule has 1 spiro atoms. The molecule has 4 aliphatic heterocycles. The molecule has 1 N–H and O–H groups in total. The van der Waals surface area contributed by atoms with E-state index in [1.165, 1.54) is 0 Å². The van der Waals surface area contributed by atoms with Crippen molar-refractivity contribution >= 4 is 17.8 Å². The van der Waals surface area contributed by atoms with Crippen LogP contribution >= 0.6 is 0 Å². The van der Waals surface area contributed by atoms with Gasteiger partial charge in [0.25, 0.3) is 0 Å². The van der Waals surface area contributed by atoms with E-state index in [4.69, 9.17) is 14.6 Å². The maximum absolute atomic E-state index is 14.4. The highest BCUT2D eigenvalue weighted by atomic mass is 16.6. The first-order valence-corrected chi connectivity index (χ1v) is 14.4. The number of esters is 1. The molecule has 0 aromatic heterocycles. The van der Waals surface area contributed by atoms with Crippen molar-refractivity contribution in [3.05, 3.63) is 60.2 Å². The number of amides is 2. The van der Waals surface area contributed by atoms with Gasteiger partial charge in [0, 0.05) is 26.2 Å². The van der Waals surface area contributed by atoms with Gasteiger partial charge in [-0.15, -0.1) is 0 Å². The fourth-order valence-corrected chi connectivity index (χ4v) is 6.85. The Morgan fingerprint density at radius 3 is 2.54 bits per heavy atom. The van der Waals surface area contributed by atoms with E-state index < -0.39 is 35.0 Å². The summed E-state index contributed by atoms with van der Waals surface area (Å²) in [4.78, 5) is 45.7. The molecular formula is C31H40N2O6. The molecular weight excluding hydrogens is 496 g/mol. The number of nitrogens with zero attached hydrogens (tertiary/aromatic N) is 2. The number of allylic oxidation sites excluding steroid dienone is 1. The molecule has 1 aromatic carbocycles. The van der Waals surface area contributed by atoms with Crippen molar-refractivity contribution in [1.29, 1.82) is 0 Å². The molecule has 5 atom stereocenters. The van der Waals surface area contributed by atoms with E-state index in [1.54, 1.807) is 9.80 Å². The summed E-state index contributed by atoms with van der Waals surface area (Å²) in [5.74, 6) is -2.47. The van der Waals surface area contributed by atoms with Gasteiger partial charge in [0.1, 0.15) is 23.2 Å². The van der Waals surface area contributed by atoms with Gasteiger partial charge < -0.3 is 24.4 Å². The number of fused-ring (bicyclic) bond motifs is 2. The van der Waals surface area contributed by atoms with Crippen LogP contribution < -0.4 is 0 Å². The molecule has 8 nitrogen and oxygen atoms in total. The maximum Gasteiger partial charge on any atom is 0.313 e. The third-order valence-corrected chi connectivity index (χ3v) is 8.74. The number of aliphatic hydroxyl groups is 1. The Morgan fingerprint density at radius 1 is 0.974 bits per heavy atom. The number of hydrogen-bond acceptors (Lipinski definition) is 6. The van der Waals surface area contributed by atoms with E-state index in [0.717, 1.165) is 24.8 Å². The van der Waals surface area contributed by atoms with Gasteiger partial charge in [0.2, 0.25) is 11.8 Å². The third-order valence-electron chi connectivity index (χ3n) is 8.74. The zero-order valence-corrected chi connectivity index (χ0v) is 22.8. The lowest BCUT2D eigenvalue weighted by Gasteiger charge is -2.38. The highest BCUT2D eigenvalue weighted by Crippen LogP contribution is 2.58. The first-order chi connectivity index (χ1) is 19.0. The van der Waals surface area contributed by atoms with E-state index in [0.29, 0.717) is 51.9 Å². The van der Waals surface area contributed by atoms with Gasteiger partial charge in [-0.3, -0.25) is 14.4 Å². The molecule has 1 aromatic rings. The van der Waals surface area contributed by atoms with Crippen LogP contribution in [0.5, 0.6) is 0 Å². The summed E-state index contributed by atoms with van der Waals surface area (Å²) in [6.07, 6.45) is 12.8. The lowest BCUT2D eigenvalue weighted by Crippen LogP contribution is -2.56. The first kappa shape index (κ1) is 27.6. The molecule has 2 saturated heterocycles. The Morgan fingerprint density at radius 2 is 1.77 bits per heavy atom. The van der Waals surface area contributed by atoms with Crippen molar-refractivity contribution < 1.29 is 29.0 Å². The zero-order chi connectivity index (χ0) is 27.5. The highest BCUT2D eigenvalue weighted by molar-refractivity contribution is 5.99. The number of carbonyl (C=O) groups excluding carboxylic acids is 3. The topological polar surface area (TPSA) is 96.4 Å². The van der Waals surface area contributed by atoms with Crippen LogP contribution in [0.15, 0.2) is 54.6 Å². The molecule has 0 saturated carbocycles. The monoisotopic (exact) mass is 536 g/mol. The molecule has 39 heavy (non-hydrogen) atoms. The van der Waals surface area contributed by atoms with Gasteiger partial charge in [-0.05, 0) is 37.7 Å². The lowest BCUT2D eigenvalue weighted by atomic mass is 9.73. The highest BCUT2D eigenvalue weighted by Gasteiger charge is 2.75. The van der Waals surface area contributed by atoms with E-state index in [9.17, 15) is 14.4 Å². The van der Waals surface area contributed by atoms with Crippen LogP contribution in [0.2, 0.25) is 0 Å². The number of rotatable bonds is 9. The Labute approximate surface area is 230 Å². The number of likely N-dealkylation sites (tertiary alicyclic amines) is 1. The average molecular weight is 537 g/mol. The van der Waals surface area contributed by atoms with Crippen LogP contribution in [0.3, 0.4) is 0 Å². The summed E-state index contributed by atoms with van der Waals surface area (Å²) in [6.45, 7) is 3.60. The van der Waals surface area contributed by atoms with Gasteiger partial charge in [0.05, 0.1) is 12.5 Å². The number of benzene rings is 1. The first-order valence-electron chi connectivity index (χ1n) is 14.4. The Bertz CT molecular complexity index is 1120. The summed E-state index contributed by atoms with van der Waals surface area (Å²) in [5, 5.41) is 9.16. The normalized spacial score (nSPS) is 33.0. The Hall–Kier alpha value is -2.97. The number of unbranched alkanes of at least 4 members (excludes halogenated alkanes) is 3. The van der Waals surface area contributed by atoms with Gasteiger partial charge in [-0.25, -0.2) is 0 Å². The predicted molar refractivity (Wildman–Crippen MR) is 145 cm³/mol. The SMILES string of the molecule is CC[C@]12/C=C\CCCOC(=O)[C@H]1[C@H]1C(=O)N(CCCCCCO)C3C(=O)N(Cc4ccccc4)CC=C[C@@]31O2. The standard InChI is InChI=1S/C31H40N2O6/c1-2-30-16-9-6-12-21-38-29(37)25(30)24-27(35)33(19-10-3-4-11-20-34)26-28(36)32(18-13-17-31(24,26)39-30)22-23-14-7-5-8-15-23/h5,7-9,13-17,24-26,34H,2-4,6,10-12,18-22H2,1H3/b16-9-/t24-,25+,26?,30-,31-/m0/s1. The summed E-state index contributed by atoms with van der Waals surface area (Å²) in [7, 11) is 0. The minimum Gasteiger partial charge on any atom is -0.465 e. The quantitative estimate of drug-likeness (QED) is 0.295. The number of aliphatic hydroxyl groups excluding tert-OH is 1. The number of cyclic esters (lactones) is 1. The van der Waals surface area contributed by atoms with E-state index in [2.05, 4.69) is 0 Å². The van der Waals surface area contributed by atoms with E-state index in [-0.39, 0.29) is 18.4 Å². The van der Waals surface area contributed by atoms with Crippen molar-refractivity contribution in [2.24, 2.45) is 11.8 Å². The molecule has 2 amide bonds. The molecule has 5 rings (SSSR count). The number of carbonyl (C=O) groups is 3. The fraction of sp³-hybridized carbons (Fsp3) is 0.581. The molecule has 4 heterocycles. The maximum atomic E-state index is 14.4. The molecule has 0 radical (unpaired) electrons. The van der Waals surface area contributed by atoms with Gasteiger partial charge in [-0.2, -0.15) is 0 Å². The average Bonchev–Trinajstić information content (AvgIpc) is 3.32. The van der Waals surface area contributed by atoms with Crippen LogP contribution in [0.25, 0.3) is 0 Å². The minimum absolute atomic E-state index is 0.137. The minimum atomic E-state index is -1.26. The van der Waals surface area contributed by atoms with Crippen molar-refractivity contribution in [1.82, 2.24) is 9.80 Å². The van der Waals surface area contributed by atoms with Crippen molar-refractivity contribution in [2.75, 3.05) is 26.3 Å². The Kier molecular flexibility index (Phi) is 8.24. The molecule has 2 fully saturated rings. The second-order valence-corrected chi connectivity index (χ2v) is 11.1. The molecule has 0 bridgehead atoms. The van der Waals surface area contributed by atoms with Gasteiger partial charge >= 0.3 is 5.97 Å².